The summed E-state index contributed by atoms with van der Waals surface area (Å²) < 4.78 is 0. The molecule has 0 saturated carbocycles. The van der Waals surface area contributed by atoms with Crippen LogP contribution >= 0.6 is 0 Å². The van der Waals surface area contributed by atoms with Crippen LogP contribution in [-0.2, 0) is 0 Å². The van der Waals surface area contributed by atoms with Crippen molar-refractivity contribution in [3.63, 3.8) is 0 Å². The van der Waals surface area contributed by atoms with E-state index in [9.17, 15) is 4.79 Å². The first kappa shape index (κ1) is 11.9. The molecular formula is C12H16N6O. The lowest BCUT2D eigenvalue weighted by Gasteiger charge is -2.30. The Bertz CT molecular complexity index is 618. The van der Waals surface area contributed by atoms with Crippen LogP contribution in [0.3, 0.4) is 0 Å². The van der Waals surface area contributed by atoms with Gasteiger partial charge in [0.05, 0.1) is 5.69 Å². The van der Waals surface area contributed by atoms with Gasteiger partial charge >= 0.3 is 0 Å². The van der Waals surface area contributed by atoms with Gasteiger partial charge in [0.25, 0.3) is 0 Å². The molecule has 0 aliphatic carbocycles. The predicted octanol–water partition coefficient (Wildman–Crippen LogP) is -0.0419. The van der Waals surface area contributed by atoms with E-state index in [1.165, 1.54) is 6.07 Å². The molecule has 100 valence electrons. The molecule has 1 atom stereocenters. The Hall–Kier alpha value is -2.15. The Labute approximate surface area is 110 Å². The van der Waals surface area contributed by atoms with E-state index in [2.05, 4.69) is 37.3 Å². The number of anilines is 1. The molecule has 0 bridgehead atoms. The Morgan fingerprint density at radius 3 is 3.11 bits per heavy atom. The van der Waals surface area contributed by atoms with Crippen molar-refractivity contribution < 1.29 is 0 Å². The van der Waals surface area contributed by atoms with Crippen LogP contribution in [0, 0.1) is 0 Å². The highest BCUT2D eigenvalue weighted by Gasteiger charge is 2.19. The average molecular weight is 260 g/mol. The summed E-state index contributed by atoms with van der Waals surface area (Å²) in [5, 5.41) is 10.5. The van der Waals surface area contributed by atoms with Crippen LogP contribution in [0.2, 0.25) is 0 Å². The number of H-pyrrole nitrogens is 2. The van der Waals surface area contributed by atoms with E-state index in [0.717, 1.165) is 19.6 Å². The SMILES string of the molecule is CC1CN(c2n[nH]c(-c3cccc(=O)[nH]3)n2)CCN1. The molecule has 3 heterocycles. The minimum absolute atomic E-state index is 0.147. The number of rotatable bonds is 2. The molecule has 0 aromatic carbocycles. The maximum atomic E-state index is 11.3. The third-order valence-corrected chi connectivity index (χ3v) is 3.15. The van der Waals surface area contributed by atoms with Gasteiger partial charge in [0.2, 0.25) is 11.5 Å². The van der Waals surface area contributed by atoms with Crippen LogP contribution in [0.15, 0.2) is 23.0 Å². The van der Waals surface area contributed by atoms with E-state index in [1.54, 1.807) is 12.1 Å². The van der Waals surface area contributed by atoms with Crippen molar-refractivity contribution in [2.75, 3.05) is 24.5 Å². The number of nitrogens with one attached hydrogen (secondary N) is 3. The van der Waals surface area contributed by atoms with Gasteiger partial charge in [-0.2, -0.15) is 4.98 Å². The van der Waals surface area contributed by atoms with Gasteiger partial charge in [-0.25, -0.2) is 0 Å². The molecule has 1 fully saturated rings. The van der Waals surface area contributed by atoms with Gasteiger partial charge in [-0.3, -0.25) is 9.89 Å². The zero-order valence-electron chi connectivity index (χ0n) is 10.7. The summed E-state index contributed by atoms with van der Waals surface area (Å²) in [6.45, 7) is 4.82. The molecule has 1 saturated heterocycles. The van der Waals surface area contributed by atoms with Crippen LogP contribution in [-0.4, -0.2) is 45.8 Å². The first-order chi connectivity index (χ1) is 9.22. The fraction of sp³-hybridized carbons (Fsp3) is 0.417. The second-order valence-electron chi connectivity index (χ2n) is 4.71. The third-order valence-electron chi connectivity index (χ3n) is 3.15. The Morgan fingerprint density at radius 1 is 1.42 bits per heavy atom. The molecule has 1 aliphatic heterocycles. The van der Waals surface area contributed by atoms with Gasteiger partial charge in [0.1, 0.15) is 0 Å². The predicted molar refractivity (Wildman–Crippen MR) is 72.1 cm³/mol. The van der Waals surface area contributed by atoms with E-state index >= 15 is 0 Å². The second-order valence-corrected chi connectivity index (χ2v) is 4.71. The number of nitrogens with zero attached hydrogens (tertiary/aromatic N) is 3. The molecule has 3 N–H and O–H groups in total. The zero-order valence-corrected chi connectivity index (χ0v) is 10.7. The maximum absolute atomic E-state index is 11.3. The fourth-order valence-corrected chi connectivity index (χ4v) is 2.21. The summed E-state index contributed by atoms with van der Waals surface area (Å²) in [6, 6.07) is 5.39. The van der Waals surface area contributed by atoms with Crippen molar-refractivity contribution in [3.8, 4) is 11.5 Å². The molecule has 3 rings (SSSR count). The summed E-state index contributed by atoms with van der Waals surface area (Å²) in [5.41, 5.74) is 0.501. The quantitative estimate of drug-likeness (QED) is 0.705. The van der Waals surface area contributed by atoms with Crippen molar-refractivity contribution in [3.05, 3.63) is 28.6 Å². The highest BCUT2D eigenvalue weighted by atomic mass is 16.1. The van der Waals surface area contributed by atoms with Crippen LogP contribution < -0.4 is 15.8 Å². The monoisotopic (exact) mass is 260 g/mol. The molecule has 0 radical (unpaired) electrons. The molecule has 7 nitrogen and oxygen atoms in total. The number of hydrogen-bond donors (Lipinski definition) is 3. The van der Waals surface area contributed by atoms with Crippen LogP contribution in [0.4, 0.5) is 5.95 Å². The number of pyridine rings is 1. The van der Waals surface area contributed by atoms with Gasteiger partial charge in [0, 0.05) is 31.7 Å². The minimum Gasteiger partial charge on any atom is -0.337 e. The lowest BCUT2D eigenvalue weighted by molar-refractivity contribution is 0.480. The van der Waals surface area contributed by atoms with Crippen molar-refractivity contribution in [1.82, 2.24) is 25.5 Å². The summed E-state index contributed by atoms with van der Waals surface area (Å²) in [6.07, 6.45) is 0. The summed E-state index contributed by atoms with van der Waals surface area (Å²) in [4.78, 5) is 20.6. The second kappa shape index (κ2) is 4.85. The first-order valence-electron chi connectivity index (χ1n) is 6.33. The Morgan fingerprint density at radius 2 is 2.32 bits per heavy atom. The number of aromatic nitrogens is 4. The lowest BCUT2D eigenvalue weighted by atomic mass is 10.2. The number of aromatic amines is 2. The summed E-state index contributed by atoms with van der Waals surface area (Å²) in [7, 11) is 0. The first-order valence-corrected chi connectivity index (χ1v) is 6.33. The maximum Gasteiger partial charge on any atom is 0.248 e. The average Bonchev–Trinajstić information content (AvgIpc) is 2.88. The van der Waals surface area contributed by atoms with Crippen LogP contribution in [0.25, 0.3) is 11.5 Å². The van der Waals surface area contributed by atoms with Crippen molar-refractivity contribution >= 4 is 5.95 Å². The largest absolute Gasteiger partial charge is 0.337 e. The van der Waals surface area contributed by atoms with Crippen LogP contribution in [0.1, 0.15) is 6.92 Å². The minimum atomic E-state index is -0.147. The van der Waals surface area contributed by atoms with Gasteiger partial charge in [0.15, 0.2) is 5.82 Å². The summed E-state index contributed by atoms with van der Waals surface area (Å²) in [5.74, 6) is 1.26. The van der Waals surface area contributed by atoms with Gasteiger partial charge in [-0.15, -0.1) is 5.10 Å². The molecule has 2 aromatic heterocycles. The molecule has 7 heteroatoms. The molecule has 0 spiro atoms. The molecule has 19 heavy (non-hydrogen) atoms. The Balaban J connectivity index is 1.85. The third kappa shape index (κ3) is 2.50. The van der Waals surface area contributed by atoms with E-state index in [-0.39, 0.29) is 5.56 Å². The Kier molecular flexibility index (Phi) is 3.04. The summed E-state index contributed by atoms with van der Waals surface area (Å²) >= 11 is 0. The van der Waals surface area contributed by atoms with E-state index in [1.807, 2.05) is 0 Å². The number of piperazine rings is 1. The van der Waals surface area contributed by atoms with E-state index in [0.29, 0.717) is 23.5 Å². The van der Waals surface area contributed by atoms with Gasteiger partial charge < -0.3 is 15.2 Å². The normalized spacial score (nSPS) is 19.6. The zero-order chi connectivity index (χ0) is 13.2. The van der Waals surface area contributed by atoms with Crippen molar-refractivity contribution in [1.29, 1.82) is 0 Å². The van der Waals surface area contributed by atoms with Gasteiger partial charge in [-0.1, -0.05) is 6.07 Å². The molecule has 2 aromatic rings. The standard InChI is InChI=1S/C12H16N6O/c1-8-7-18(6-5-13-8)12-15-11(16-17-12)9-3-2-4-10(19)14-9/h2-4,8,13H,5-7H2,1H3,(H,14,19)(H,15,16,17). The highest BCUT2D eigenvalue weighted by Crippen LogP contribution is 2.15. The molecular weight excluding hydrogens is 244 g/mol. The van der Waals surface area contributed by atoms with E-state index < -0.39 is 0 Å². The molecule has 1 aliphatic rings. The molecule has 0 amide bonds. The van der Waals surface area contributed by atoms with Crippen LogP contribution in [0.5, 0.6) is 0 Å². The fourth-order valence-electron chi connectivity index (χ4n) is 2.21. The molecule has 1 unspecified atom stereocenters. The lowest BCUT2D eigenvalue weighted by Crippen LogP contribution is -2.49. The smallest absolute Gasteiger partial charge is 0.248 e. The topological polar surface area (TPSA) is 89.7 Å². The highest BCUT2D eigenvalue weighted by molar-refractivity contribution is 5.50. The number of hydrogen-bond acceptors (Lipinski definition) is 5. The van der Waals surface area contributed by atoms with E-state index in [4.69, 9.17) is 0 Å². The van der Waals surface area contributed by atoms with Gasteiger partial charge in [-0.05, 0) is 13.0 Å². The van der Waals surface area contributed by atoms with Crippen molar-refractivity contribution in [2.45, 2.75) is 13.0 Å². The van der Waals surface area contributed by atoms with Crippen molar-refractivity contribution in [2.24, 2.45) is 0 Å².